The smallest absolute Gasteiger partial charge is 0.348 e. The monoisotopic (exact) mass is 557 g/mol. The highest BCUT2D eigenvalue weighted by Crippen LogP contribution is 2.55. The lowest BCUT2D eigenvalue weighted by atomic mass is 9.21. The minimum Gasteiger partial charge on any atom is -0.393 e. The minimum atomic E-state index is -3.79. The number of benzene rings is 2. The van der Waals surface area contributed by atoms with E-state index in [2.05, 4.69) is 5.32 Å². The van der Waals surface area contributed by atoms with Crippen LogP contribution in [0.5, 0.6) is 0 Å². The lowest BCUT2D eigenvalue weighted by Gasteiger charge is -2.59. The van der Waals surface area contributed by atoms with E-state index >= 15 is 8.78 Å². The summed E-state index contributed by atoms with van der Waals surface area (Å²) in [7, 11) is 13.4. The molecule has 1 N–H and O–H groups in total. The fourth-order valence-corrected chi connectivity index (χ4v) is 5.65. The van der Waals surface area contributed by atoms with Crippen LogP contribution in [-0.4, -0.2) is 102 Å². The van der Waals surface area contributed by atoms with E-state index in [1.807, 2.05) is 0 Å². The van der Waals surface area contributed by atoms with Gasteiger partial charge in [0.15, 0.2) is 0 Å². The van der Waals surface area contributed by atoms with Crippen LogP contribution in [0.1, 0.15) is 27.0 Å². The van der Waals surface area contributed by atoms with Crippen LogP contribution >= 0.6 is 11.6 Å². The van der Waals surface area contributed by atoms with E-state index in [0.29, 0.717) is 16.7 Å². The zero-order valence-corrected chi connectivity index (χ0v) is 24.7. The molecule has 40 heavy (non-hydrogen) atoms. The summed E-state index contributed by atoms with van der Waals surface area (Å²) < 4.78 is 30.4. The number of alkyl halides is 2. The first kappa shape index (κ1) is 30.2. The van der Waals surface area contributed by atoms with Gasteiger partial charge < -0.3 is 9.71 Å². The van der Waals surface area contributed by atoms with Crippen LogP contribution < -0.4 is 5.32 Å². The quantitative estimate of drug-likeness (QED) is 0.295. The number of amides is 4. The van der Waals surface area contributed by atoms with Crippen molar-refractivity contribution in [3.05, 3.63) is 69.7 Å². The van der Waals surface area contributed by atoms with Crippen molar-refractivity contribution in [3.63, 3.8) is 0 Å². The SMILES string of the molecule is BN(C(=O)C(F)(F)c1ccc(Cl)cc1)C(B)(B)c1ccc2c(c1)CN(C1(B)C(=O)NC(=O)C(B)(B)C1(B)B)C2=O. The molecule has 2 aliphatic heterocycles. The Kier molecular flexibility index (Phi) is 7.06. The Labute approximate surface area is 244 Å². The van der Waals surface area contributed by atoms with E-state index in [0.717, 1.165) is 16.9 Å². The first-order valence-corrected chi connectivity index (χ1v) is 13.3. The summed E-state index contributed by atoms with van der Waals surface area (Å²) in [5, 5.41) is -0.358. The fourth-order valence-electron chi connectivity index (χ4n) is 5.52. The standard InChI is InChI=1S/C22H26B8ClF2N3O4/c23-19(24)15(38)34-16(39)20(25,22(19,28)29)35-8-9-7-11(3-6-13(9)14(35)37)21(26,27)36(30)17(40)18(32,33)10-1-4-12(31)5-2-10/h1-7H,8,23-30H2,(H,34,38,39). The Hall–Kier alpha value is -2.81. The van der Waals surface area contributed by atoms with Gasteiger partial charge in [-0.05, 0) is 39.9 Å². The number of hydrogen-bond acceptors (Lipinski definition) is 4. The number of hydrogen-bond donors (Lipinski definition) is 1. The molecule has 4 amide bonds. The van der Waals surface area contributed by atoms with Crippen molar-refractivity contribution < 1.29 is 28.0 Å². The van der Waals surface area contributed by atoms with Crippen LogP contribution in [0.2, 0.25) is 15.5 Å². The summed E-state index contributed by atoms with van der Waals surface area (Å²) in [4.78, 5) is 55.1. The Bertz CT molecular complexity index is 1460. The molecule has 7 nitrogen and oxygen atoms in total. The number of carbonyl (C=O) groups excluding carboxylic acids is 4. The predicted molar refractivity (Wildman–Crippen MR) is 170 cm³/mol. The van der Waals surface area contributed by atoms with Gasteiger partial charge >= 0.3 is 5.92 Å². The molecule has 2 heterocycles. The zero-order chi connectivity index (χ0) is 30.2. The number of nitrogens with one attached hydrogen (secondary N) is 1. The van der Waals surface area contributed by atoms with Gasteiger partial charge in [-0.15, -0.1) is 0 Å². The fraction of sp³-hybridized carbons (Fsp3) is 0.273. The third kappa shape index (κ3) is 4.10. The molecule has 1 fully saturated rings. The molecular weight excluding hydrogens is 530 g/mol. The average Bonchev–Trinajstić information content (AvgIpc) is 3.22. The minimum absolute atomic E-state index is 0.0777. The molecule has 1 atom stereocenters. The number of fused-ring (bicyclic) bond motifs is 1. The van der Waals surface area contributed by atoms with Crippen LogP contribution in [0.3, 0.4) is 0 Å². The highest BCUT2D eigenvalue weighted by atomic mass is 35.5. The van der Waals surface area contributed by atoms with Gasteiger partial charge in [-0.2, -0.15) is 8.78 Å². The lowest BCUT2D eigenvalue weighted by Crippen LogP contribution is -2.75. The van der Waals surface area contributed by atoms with Crippen LogP contribution in [0.25, 0.3) is 0 Å². The third-order valence-electron chi connectivity index (χ3n) is 9.79. The maximum Gasteiger partial charge on any atom is 0.348 e. The summed E-state index contributed by atoms with van der Waals surface area (Å²) in [6.07, 6.45) is 0. The Balaban J connectivity index is 1.67. The molecule has 0 bridgehead atoms. The summed E-state index contributed by atoms with van der Waals surface area (Å²) in [6, 6.07) is 9.79. The van der Waals surface area contributed by atoms with E-state index in [-0.39, 0.29) is 17.5 Å². The van der Waals surface area contributed by atoms with Crippen molar-refractivity contribution in [1.29, 1.82) is 0 Å². The van der Waals surface area contributed by atoms with Crippen molar-refractivity contribution in [2.24, 2.45) is 0 Å². The Morgan fingerprint density at radius 2 is 1.50 bits per heavy atom. The number of imide groups is 1. The van der Waals surface area contributed by atoms with Gasteiger partial charge in [0, 0.05) is 22.7 Å². The van der Waals surface area contributed by atoms with E-state index in [1.165, 1.54) is 25.0 Å². The molecule has 198 valence electrons. The van der Waals surface area contributed by atoms with Gasteiger partial charge in [0.05, 0.1) is 5.44 Å². The molecule has 1 saturated heterocycles. The summed E-state index contributed by atoms with van der Waals surface area (Å²) in [6.45, 7) is 0.0777. The number of carbonyl (C=O) groups is 4. The van der Waals surface area contributed by atoms with E-state index in [9.17, 15) is 19.2 Å². The molecule has 4 rings (SSSR count). The zero-order valence-electron chi connectivity index (χ0n) is 23.9. The Morgan fingerprint density at radius 3 is 2.08 bits per heavy atom. The van der Waals surface area contributed by atoms with Crippen molar-refractivity contribution in [2.75, 3.05) is 0 Å². The molecule has 0 spiro atoms. The van der Waals surface area contributed by atoms with Crippen molar-refractivity contribution >= 4 is 98.1 Å². The van der Waals surface area contributed by atoms with E-state index in [1.54, 1.807) is 73.1 Å². The van der Waals surface area contributed by atoms with Crippen LogP contribution in [0, 0.1) is 0 Å². The van der Waals surface area contributed by atoms with Gasteiger partial charge in [0.1, 0.15) is 54.9 Å². The van der Waals surface area contributed by atoms with Crippen LogP contribution in [-0.2, 0) is 32.2 Å². The molecule has 0 radical (unpaired) electrons. The molecule has 18 heteroatoms. The number of halogens is 3. The number of rotatable bonds is 5. The average molecular weight is 556 g/mol. The molecule has 2 aromatic rings. The molecule has 0 saturated carbocycles. The summed E-state index contributed by atoms with van der Waals surface area (Å²) >= 11 is 5.82. The Morgan fingerprint density at radius 1 is 0.950 bits per heavy atom. The normalized spacial score (nSPS) is 22.0. The lowest BCUT2D eigenvalue weighted by molar-refractivity contribution is -0.155. The predicted octanol–water partition coefficient (Wildman–Crippen LogP) is -5.41. The van der Waals surface area contributed by atoms with Crippen LogP contribution in [0.4, 0.5) is 8.78 Å². The van der Waals surface area contributed by atoms with Crippen molar-refractivity contribution in [2.45, 2.75) is 33.7 Å². The molecular formula is C22H26B8ClF2N3O4. The molecule has 0 aliphatic carbocycles. The number of piperidine rings is 1. The van der Waals surface area contributed by atoms with Crippen LogP contribution in [0.15, 0.2) is 42.5 Å². The van der Waals surface area contributed by atoms with E-state index < -0.39 is 50.4 Å². The highest BCUT2D eigenvalue weighted by Gasteiger charge is 2.64. The van der Waals surface area contributed by atoms with Gasteiger partial charge in [-0.3, -0.25) is 24.5 Å². The highest BCUT2D eigenvalue weighted by molar-refractivity contribution is 6.66. The third-order valence-corrected chi connectivity index (χ3v) is 10.0. The van der Waals surface area contributed by atoms with Crippen molar-refractivity contribution in [3.8, 4) is 0 Å². The van der Waals surface area contributed by atoms with Crippen molar-refractivity contribution in [1.82, 2.24) is 15.0 Å². The molecule has 1 unspecified atom stereocenters. The number of nitrogens with zero attached hydrogens (tertiary/aromatic N) is 2. The second kappa shape index (κ2) is 9.36. The van der Waals surface area contributed by atoms with E-state index in [4.69, 9.17) is 11.6 Å². The maximum atomic E-state index is 15.2. The van der Waals surface area contributed by atoms with Gasteiger partial charge in [0.2, 0.25) is 19.8 Å². The summed E-state index contributed by atoms with van der Waals surface area (Å²) in [5.74, 6) is -6.51. The van der Waals surface area contributed by atoms with Gasteiger partial charge in [0.25, 0.3) is 11.8 Å². The molecule has 2 aromatic carbocycles. The first-order valence-electron chi connectivity index (χ1n) is 13.0. The second-order valence-corrected chi connectivity index (χ2v) is 12.8. The second-order valence-electron chi connectivity index (χ2n) is 12.4. The first-order chi connectivity index (χ1) is 18.2. The maximum absolute atomic E-state index is 15.2. The molecule has 0 aromatic heterocycles. The van der Waals surface area contributed by atoms with Gasteiger partial charge in [-0.25, -0.2) is 0 Å². The topological polar surface area (TPSA) is 86.8 Å². The largest absolute Gasteiger partial charge is 0.393 e. The van der Waals surface area contributed by atoms with Gasteiger partial charge in [-0.1, -0.05) is 41.1 Å². The molecule has 2 aliphatic rings. The summed E-state index contributed by atoms with van der Waals surface area (Å²) in [5.41, 5.74) is -0.316.